The van der Waals surface area contributed by atoms with Gasteiger partial charge in [0.1, 0.15) is 17.2 Å². The lowest BCUT2D eigenvalue weighted by atomic mass is 10.2. The molecule has 0 unspecified atom stereocenters. The molecule has 0 spiro atoms. The SMILES string of the molecule is Cc1ccc(-n2c3nc4ccccc4nc3c3c(=O)n(Cc4ccccc4Cl)cnc32)cc1Cl. The molecular weight excluding hydrogens is 469 g/mol. The second kappa shape index (κ2) is 7.94. The van der Waals surface area contributed by atoms with Crippen LogP contribution in [-0.4, -0.2) is 24.1 Å². The van der Waals surface area contributed by atoms with E-state index in [1.165, 1.54) is 0 Å². The fraction of sp³-hybridized carbons (Fsp3) is 0.0769. The predicted octanol–water partition coefficient (Wildman–Crippen LogP) is 5.95. The summed E-state index contributed by atoms with van der Waals surface area (Å²) < 4.78 is 3.39. The van der Waals surface area contributed by atoms with Crippen LogP contribution in [-0.2, 0) is 6.54 Å². The normalized spacial score (nSPS) is 11.6. The van der Waals surface area contributed by atoms with Crippen LogP contribution in [0.4, 0.5) is 0 Å². The molecule has 6 aromatic rings. The van der Waals surface area contributed by atoms with Crippen molar-refractivity contribution >= 4 is 56.4 Å². The Balaban J connectivity index is 1.70. The van der Waals surface area contributed by atoms with E-state index < -0.39 is 0 Å². The summed E-state index contributed by atoms with van der Waals surface area (Å²) in [5.41, 5.74) is 5.30. The summed E-state index contributed by atoms with van der Waals surface area (Å²) >= 11 is 12.8. The van der Waals surface area contributed by atoms with Crippen LogP contribution in [0.15, 0.2) is 77.9 Å². The minimum absolute atomic E-state index is 0.212. The summed E-state index contributed by atoms with van der Waals surface area (Å²) in [5, 5.41) is 1.62. The van der Waals surface area contributed by atoms with E-state index in [1.54, 1.807) is 17.0 Å². The zero-order valence-electron chi connectivity index (χ0n) is 18.0. The van der Waals surface area contributed by atoms with Crippen LogP contribution in [0.3, 0.4) is 0 Å². The van der Waals surface area contributed by atoms with Crippen LogP contribution in [0.5, 0.6) is 0 Å². The van der Waals surface area contributed by atoms with E-state index >= 15 is 0 Å². The van der Waals surface area contributed by atoms with E-state index in [1.807, 2.05) is 72.2 Å². The summed E-state index contributed by atoms with van der Waals surface area (Å²) in [4.78, 5) is 28.1. The number of benzene rings is 3. The molecule has 3 aromatic carbocycles. The third-order valence-corrected chi connectivity index (χ3v) is 6.72. The van der Waals surface area contributed by atoms with Crippen molar-refractivity contribution < 1.29 is 0 Å². The largest absolute Gasteiger partial charge is 0.294 e. The molecule has 0 bridgehead atoms. The number of aryl methyl sites for hydroxylation is 1. The van der Waals surface area contributed by atoms with E-state index in [-0.39, 0.29) is 5.56 Å². The van der Waals surface area contributed by atoms with E-state index in [4.69, 9.17) is 33.2 Å². The van der Waals surface area contributed by atoms with Crippen LogP contribution in [0.25, 0.3) is 38.9 Å². The summed E-state index contributed by atoms with van der Waals surface area (Å²) in [5.74, 6) is 0. The van der Waals surface area contributed by atoms with Gasteiger partial charge in [0.15, 0.2) is 11.3 Å². The van der Waals surface area contributed by atoms with Gasteiger partial charge in [-0.1, -0.05) is 59.6 Å². The van der Waals surface area contributed by atoms with Gasteiger partial charge in [0.2, 0.25) is 0 Å². The number of halogens is 2. The lowest BCUT2D eigenvalue weighted by molar-refractivity contribution is 0.747. The molecule has 0 atom stereocenters. The van der Waals surface area contributed by atoms with Crippen molar-refractivity contribution in [1.29, 1.82) is 0 Å². The number of rotatable bonds is 3. The van der Waals surface area contributed by atoms with Crippen LogP contribution >= 0.6 is 23.2 Å². The van der Waals surface area contributed by atoms with Gasteiger partial charge in [-0.25, -0.2) is 15.0 Å². The van der Waals surface area contributed by atoms with Crippen LogP contribution in [0.1, 0.15) is 11.1 Å². The molecule has 166 valence electrons. The fourth-order valence-electron chi connectivity index (χ4n) is 4.16. The third kappa shape index (κ3) is 3.26. The van der Waals surface area contributed by atoms with Gasteiger partial charge in [-0.3, -0.25) is 13.9 Å². The Morgan fingerprint density at radius 1 is 0.853 bits per heavy atom. The molecule has 34 heavy (non-hydrogen) atoms. The first-order chi connectivity index (χ1) is 16.5. The Hall–Kier alpha value is -3.74. The lowest BCUT2D eigenvalue weighted by Gasteiger charge is -2.09. The third-order valence-electron chi connectivity index (χ3n) is 5.94. The summed E-state index contributed by atoms with van der Waals surface area (Å²) in [6.07, 6.45) is 1.54. The summed E-state index contributed by atoms with van der Waals surface area (Å²) in [6.45, 7) is 2.24. The minimum Gasteiger partial charge on any atom is -0.294 e. The second-order valence-electron chi connectivity index (χ2n) is 8.12. The molecule has 0 saturated carbocycles. The average Bonchev–Trinajstić information content (AvgIpc) is 3.16. The number of fused-ring (bicyclic) bond motifs is 4. The van der Waals surface area contributed by atoms with Crippen molar-refractivity contribution in [3.05, 3.63) is 105 Å². The molecule has 0 aliphatic rings. The quantitative estimate of drug-likeness (QED) is 0.310. The van der Waals surface area contributed by atoms with Crippen molar-refractivity contribution in [1.82, 2.24) is 24.1 Å². The van der Waals surface area contributed by atoms with E-state index in [9.17, 15) is 4.79 Å². The van der Waals surface area contributed by atoms with Crippen molar-refractivity contribution in [2.24, 2.45) is 0 Å². The number of hydrogen-bond donors (Lipinski definition) is 0. The van der Waals surface area contributed by atoms with E-state index in [0.29, 0.717) is 44.3 Å². The van der Waals surface area contributed by atoms with Crippen molar-refractivity contribution in [2.45, 2.75) is 13.5 Å². The van der Waals surface area contributed by atoms with Gasteiger partial charge in [0.25, 0.3) is 5.56 Å². The Kier molecular flexibility index (Phi) is 4.86. The minimum atomic E-state index is -0.212. The van der Waals surface area contributed by atoms with Gasteiger partial charge < -0.3 is 0 Å². The van der Waals surface area contributed by atoms with Gasteiger partial charge in [-0.15, -0.1) is 0 Å². The number of para-hydroxylation sites is 2. The number of hydrogen-bond acceptors (Lipinski definition) is 4. The van der Waals surface area contributed by atoms with Gasteiger partial charge in [-0.2, -0.15) is 0 Å². The van der Waals surface area contributed by atoms with Gasteiger partial charge in [-0.05, 0) is 48.4 Å². The average molecular weight is 486 g/mol. The van der Waals surface area contributed by atoms with Crippen molar-refractivity contribution in [3.8, 4) is 5.69 Å². The van der Waals surface area contributed by atoms with E-state index in [0.717, 1.165) is 22.3 Å². The topological polar surface area (TPSA) is 65.6 Å². The van der Waals surface area contributed by atoms with Gasteiger partial charge >= 0.3 is 0 Å². The lowest BCUT2D eigenvalue weighted by Crippen LogP contribution is -2.21. The highest BCUT2D eigenvalue weighted by Crippen LogP contribution is 2.30. The molecule has 8 heteroatoms. The molecule has 0 amide bonds. The molecule has 0 N–H and O–H groups in total. The molecule has 3 aromatic heterocycles. The molecule has 0 aliphatic heterocycles. The highest BCUT2D eigenvalue weighted by Gasteiger charge is 2.21. The molecular formula is C26H17Cl2N5O. The monoisotopic (exact) mass is 485 g/mol. The first kappa shape index (κ1) is 20.8. The highest BCUT2D eigenvalue weighted by atomic mass is 35.5. The number of aromatic nitrogens is 5. The van der Waals surface area contributed by atoms with E-state index in [2.05, 4.69) is 4.98 Å². The Labute approximate surface area is 204 Å². The van der Waals surface area contributed by atoms with Gasteiger partial charge in [0, 0.05) is 10.0 Å². The first-order valence-corrected chi connectivity index (χ1v) is 11.4. The van der Waals surface area contributed by atoms with Gasteiger partial charge in [0.05, 0.1) is 23.3 Å². The standard InChI is InChI=1S/C26H17Cl2N5O/c1-15-10-11-17(12-19(15)28)33-24-22(23-25(33)31-21-9-5-4-8-20(21)30-23)26(34)32(14-29-24)13-16-6-2-3-7-18(16)27/h2-12,14H,13H2,1H3. The number of nitrogens with zero attached hydrogens (tertiary/aromatic N) is 5. The summed E-state index contributed by atoms with van der Waals surface area (Å²) in [6, 6.07) is 20.8. The molecule has 6 rings (SSSR count). The van der Waals surface area contributed by atoms with Crippen molar-refractivity contribution in [2.75, 3.05) is 0 Å². The van der Waals surface area contributed by atoms with Crippen LogP contribution < -0.4 is 5.56 Å². The molecule has 0 radical (unpaired) electrons. The fourth-order valence-corrected chi connectivity index (χ4v) is 4.53. The summed E-state index contributed by atoms with van der Waals surface area (Å²) in [7, 11) is 0. The Bertz CT molecular complexity index is 1810. The zero-order chi connectivity index (χ0) is 23.4. The molecule has 3 heterocycles. The maximum Gasteiger partial charge on any atom is 0.265 e. The predicted molar refractivity (Wildman–Crippen MR) is 136 cm³/mol. The van der Waals surface area contributed by atoms with Crippen molar-refractivity contribution in [3.63, 3.8) is 0 Å². The molecule has 0 fully saturated rings. The zero-order valence-corrected chi connectivity index (χ0v) is 19.5. The molecule has 6 nitrogen and oxygen atoms in total. The maximum absolute atomic E-state index is 13.7. The smallest absolute Gasteiger partial charge is 0.265 e. The van der Waals surface area contributed by atoms with Crippen LogP contribution in [0, 0.1) is 6.92 Å². The Morgan fingerprint density at radius 2 is 1.59 bits per heavy atom. The van der Waals surface area contributed by atoms with Crippen LogP contribution in [0.2, 0.25) is 10.0 Å². The maximum atomic E-state index is 13.7. The Morgan fingerprint density at radius 3 is 2.35 bits per heavy atom. The highest BCUT2D eigenvalue weighted by molar-refractivity contribution is 6.31. The first-order valence-electron chi connectivity index (χ1n) is 10.7. The second-order valence-corrected chi connectivity index (χ2v) is 8.94. The molecule has 0 saturated heterocycles. The molecule has 0 aliphatic carbocycles.